The van der Waals surface area contributed by atoms with Crippen molar-refractivity contribution in [2.75, 3.05) is 0 Å². The molecule has 3 heteroatoms. The van der Waals surface area contributed by atoms with Crippen LogP contribution in [0.1, 0.15) is 38.3 Å². The summed E-state index contributed by atoms with van der Waals surface area (Å²) in [6.07, 6.45) is 1.21. The molecule has 26 heavy (non-hydrogen) atoms. The summed E-state index contributed by atoms with van der Waals surface area (Å²) >= 11 is 0. The Balaban J connectivity index is 0.00000196. The molecule has 136 valence electrons. The zero-order chi connectivity index (χ0) is 17.6. The molecule has 2 atom stereocenters. The number of halogens is 1. The molecule has 0 heterocycles. The number of aliphatic hydroxyl groups is 1. The molecule has 0 unspecified atom stereocenters. The van der Waals surface area contributed by atoms with Crippen molar-refractivity contribution in [3.05, 3.63) is 60.2 Å². The van der Waals surface area contributed by atoms with Gasteiger partial charge in [0.15, 0.2) is 0 Å². The predicted octanol–water partition coefficient (Wildman–Crippen LogP) is 5.80. The van der Waals surface area contributed by atoms with Gasteiger partial charge in [0.2, 0.25) is 0 Å². The minimum absolute atomic E-state index is 0. The zero-order valence-electron chi connectivity index (χ0n) is 15.3. The maximum atomic E-state index is 10.6. The highest BCUT2D eigenvalue weighted by Gasteiger charge is 2.20. The third kappa shape index (κ3) is 3.14. The first kappa shape index (κ1) is 18.9. The van der Waals surface area contributed by atoms with Crippen LogP contribution in [0.2, 0.25) is 0 Å². The average Bonchev–Trinajstić information content (AvgIpc) is 2.63. The van der Waals surface area contributed by atoms with E-state index in [1.54, 1.807) is 0 Å². The maximum absolute atomic E-state index is 10.6. The van der Waals surface area contributed by atoms with Crippen molar-refractivity contribution in [3.63, 3.8) is 0 Å². The van der Waals surface area contributed by atoms with Gasteiger partial charge < -0.3 is 10.8 Å². The number of aliphatic hydroxyl groups excluding tert-OH is 1. The van der Waals surface area contributed by atoms with Gasteiger partial charge in [0, 0.05) is 0 Å². The minimum atomic E-state index is -0.513. The summed E-state index contributed by atoms with van der Waals surface area (Å²) in [7, 11) is 0. The second kappa shape index (κ2) is 7.40. The van der Waals surface area contributed by atoms with E-state index >= 15 is 0 Å². The zero-order valence-corrected chi connectivity index (χ0v) is 16.1. The molecule has 2 nitrogen and oxygen atoms in total. The van der Waals surface area contributed by atoms with Gasteiger partial charge in [-0.25, -0.2) is 0 Å². The largest absolute Gasteiger partial charge is 0.391 e. The lowest BCUT2D eigenvalue weighted by Crippen LogP contribution is -2.26. The summed E-state index contributed by atoms with van der Waals surface area (Å²) in [6, 6.07) is 19.0. The summed E-state index contributed by atoms with van der Waals surface area (Å²) in [6.45, 7) is 4.35. The van der Waals surface area contributed by atoms with E-state index in [1.165, 1.54) is 26.9 Å². The van der Waals surface area contributed by atoms with Crippen molar-refractivity contribution in [2.24, 2.45) is 11.7 Å². The first-order valence-corrected chi connectivity index (χ1v) is 9.16. The van der Waals surface area contributed by atoms with Crippen molar-refractivity contribution in [1.29, 1.82) is 0 Å². The van der Waals surface area contributed by atoms with Gasteiger partial charge in [0.05, 0.1) is 12.1 Å². The van der Waals surface area contributed by atoms with E-state index in [1.807, 2.05) is 0 Å². The fraction of sp³-hybridized carbons (Fsp3) is 0.304. The Hall–Kier alpha value is -1.87. The maximum Gasteiger partial charge on any atom is 0.0733 e. The van der Waals surface area contributed by atoms with Crippen LogP contribution in [0.5, 0.6) is 0 Å². The first-order valence-electron chi connectivity index (χ1n) is 9.16. The van der Waals surface area contributed by atoms with Gasteiger partial charge in [-0.2, -0.15) is 0 Å². The van der Waals surface area contributed by atoms with E-state index in [-0.39, 0.29) is 18.4 Å². The fourth-order valence-electron chi connectivity index (χ4n) is 3.94. The molecule has 0 amide bonds. The second-order valence-electron chi connectivity index (χ2n) is 7.58. The quantitative estimate of drug-likeness (QED) is 0.437. The molecular formula is C23H26ClNO. The molecule has 0 aliphatic carbocycles. The van der Waals surface area contributed by atoms with Crippen molar-refractivity contribution in [1.82, 2.24) is 0 Å². The van der Waals surface area contributed by atoms with Crippen molar-refractivity contribution >= 4 is 44.7 Å². The van der Waals surface area contributed by atoms with Crippen LogP contribution >= 0.6 is 12.4 Å². The van der Waals surface area contributed by atoms with Crippen LogP contribution < -0.4 is 5.73 Å². The molecule has 3 N–H and O–H groups in total. The summed E-state index contributed by atoms with van der Waals surface area (Å²) in [5.74, 6) is 0.572. The van der Waals surface area contributed by atoms with Crippen LogP contribution in [-0.2, 0) is 0 Å². The van der Waals surface area contributed by atoms with Gasteiger partial charge in [-0.3, -0.25) is 0 Å². The molecule has 0 saturated heterocycles. The van der Waals surface area contributed by atoms with E-state index in [9.17, 15) is 5.11 Å². The molecule has 0 fully saturated rings. The molecule has 4 aromatic rings. The van der Waals surface area contributed by atoms with Crippen molar-refractivity contribution < 1.29 is 5.11 Å². The van der Waals surface area contributed by atoms with Crippen LogP contribution in [0.15, 0.2) is 54.6 Å². The molecule has 4 rings (SSSR count). The van der Waals surface area contributed by atoms with E-state index in [4.69, 9.17) is 5.73 Å². The summed E-state index contributed by atoms with van der Waals surface area (Å²) in [5, 5.41) is 18.0. The number of nitrogens with two attached hydrogens (primary N) is 1. The second-order valence-corrected chi connectivity index (χ2v) is 7.58. The molecule has 0 aromatic heterocycles. The molecule has 0 spiro atoms. The van der Waals surface area contributed by atoms with Crippen LogP contribution in [0.3, 0.4) is 0 Å². The third-order valence-corrected chi connectivity index (χ3v) is 5.38. The lowest BCUT2D eigenvalue weighted by atomic mass is 9.88. The minimum Gasteiger partial charge on any atom is -0.391 e. The number of benzene rings is 4. The summed E-state index contributed by atoms with van der Waals surface area (Å²) in [4.78, 5) is 0. The standard InChI is InChI=1S/C23H25NO.ClH/c1-14(2)6-13-20(25)23(24)19-12-10-17-8-7-15-4-3-5-16-9-11-18(19)22(17)21(15)16;/h3-5,7-12,14,20,23,25H,6,13,24H2,1-2H3;1H/t20-,23+;/m0./s1. The SMILES string of the molecule is CC(C)CC[C@H](O)[C@H](N)c1ccc2ccc3cccc4ccc1c2c34.Cl. The van der Waals surface area contributed by atoms with Gasteiger partial charge >= 0.3 is 0 Å². The third-order valence-electron chi connectivity index (χ3n) is 5.38. The molecule has 0 radical (unpaired) electrons. The molecule has 0 saturated carbocycles. The Kier molecular flexibility index (Phi) is 5.38. The monoisotopic (exact) mass is 367 g/mol. The van der Waals surface area contributed by atoms with Gasteiger partial charge in [-0.1, -0.05) is 68.4 Å². The molecular weight excluding hydrogens is 342 g/mol. The van der Waals surface area contributed by atoms with Gasteiger partial charge in [0.25, 0.3) is 0 Å². The average molecular weight is 368 g/mol. The van der Waals surface area contributed by atoms with Gasteiger partial charge in [0.1, 0.15) is 0 Å². The highest BCUT2D eigenvalue weighted by molar-refractivity contribution is 6.23. The van der Waals surface area contributed by atoms with Crippen molar-refractivity contribution in [2.45, 2.75) is 38.8 Å². The van der Waals surface area contributed by atoms with Gasteiger partial charge in [-0.15, -0.1) is 12.4 Å². The lowest BCUT2D eigenvalue weighted by Gasteiger charge is -2.23. The summed E-state index contributed by atoms with van der Waals surface area (Å²) in [5.41, 5.74) is 7.52. The van der Waals surface area contributed by atoms with E-state index in [0.29, 0.717) is 5.92 Å². The smallest absolute Gasteiger partial charge is 0.0733 e. The molecule has 0 aliphatic heterocycles. The van der Waals surface area contributed by atoms with E-state index in [2.05, 4.69) is 68.4 Å². The molecule has 0 aliphatic rings. The molecule has 4 aromatic carbocycles. The first-order chi connectivity index (χ1) is 12.1. The number of hydrogen-bond donors (Lipinski definition) is 2. The topological polar surface area (TPSA) is 46.2 Å². The van der Waals surface area contributed by atoms with Crippen LogP contribution in [-0.4, -0.2) is 11.2 Å². The number of rotatable bonds is 5. The van der Waals surface area contributed by atoms with Gasteiger partial charge in [-0.05, 0) is 56.6 Å². The lowest BCUT2D eigenvalue weighted by molar-refractivity contribution is 0.129. The van der Waals surface area contributed by atoms with E-state index in [0.717, 1.165) is 23.8 Å². The fourth-order valence-corrected chi connectivity index (χ4v) is 3.94. The Morgan fingerprint density at radius 2 is 1.38 bits per heavy atom. The molecule has 0 bridgehead atoms. The highest BCUT2D eigenvalue weighted by Crippen LogP contribution is 2.37. The van der Waals surface area contributed by atoms with Crippen molar-refractivity contribution in [3.8, 4) is 0 Å². The Labute approximate surface area is 160 Å². The Bertz CT molecular complexity index is 1010. The summed E-state index contributed by atoms with van der Waals surface area (Å²) < 4.78 is 0. The van der Waals surface area contributed by atoms with E-state index < -0.39 is 6.10 Å². The number of hydrogen-bond acceptors (Lipinski definition) is 2. The highest BCUT2D eigenvalue weighted by atomic mass is 35.5. The van der Waals surface area contributed by atoms with Crippen LogP contribution in [0.4, 0.5) is 0 Å². The normalized spacial score (nSPS) is 14.2. The van der Waals surface area contributed by atoms with Crippen LogP contribution in [0, 0.1) is 5.92 Å². The Morgan fingerprint density at radius 3 is 2.04 bits per heavy atom. The Morgan fingerprint density at radius 1 is 0.808 bits per heavy atom. The van der Waals surface area contributed by atoms with Crippen LogP contribution in [0.25, 0.3) is 32.3 Å². The predicted molar refractivity (Wildman–Crippen MR) is 114 cm³/mol.